The lowest BCUT2D eigenvalue weighted by molar-refractivity contribution is -0.385. The van der Waals surface area contributed by atoms with E-state index >= 15 is 4.39 Å². The number of nitrogens with zero attached hydrogens (tertiary/aromatic N) is 2. The molecule has 1 fully saturated rings. The van der Waals surface area contributed by atoms with Gasteiger partial charge in [0.05, 0.1) is 29.2 Å². The molecule has 2 heterocycles. The van der Waals surface area contributed by atoms with Crippen molar-refractivity contribution in [2.45, 2.75) is 37.9 Å². The van der Waals surface area contributed by atoms with Crippen LogP contribution in [0.15, 0.2) is 54.6 Å². The summed E-state index contributed by atoms with van der Waals surface area (Å²) in [4.78, 5) is 39.5. The van der Waals surface area contributed by atoms with Crippen LogP contribution in [0.3, 0.4) is 0 Å². The molecule has 0 unspecified atom stereocenters. The van der Waals surface area contributed by atoms with Crippen LogP contribution in [0.25, 0.3) is 0 Å². The number of aliphatic hydroxyl groups is 1. The van der Waals surface area contributed by atoms with Crippen LogP contribution in [0.5, 0.6) is 0 Å². The molecule has 13 heteroatoms. The number of nitro benzene ring substituents is 1. The topological polar surface area (TPSA) is 134 Å². The molecule has 3 aromatic rings. The third kappa shape index (κ3) is 5.68. The molecule has 0 radical (unpaired) electrons. The van der Waals surface area contributed by atoms with Crippen molar-refractivity contribution in [1.82, 2.24) is 10.2 Å². The Morgan fingerprint density at radius 1 is 1.22 bits per heavy atom. The van der Waals surface area contributed by atoms with Crippen LogP contribution < -0.4 is 10.6 Å². The fourth-order valence-electron chi connectivity index (χ4n) is 6.97. The summed E-state index contributed by atoms with van der Waals surface area (Å²) in [5.74, 6) is -3.08. The number of carbonyl (C=O) groups is 2. The van der Waals surface area contributed by atoms with Gasteiger partial charge in [-0.15, -0.1) is 0 Å². The summed E-state index contributed by atoms with van der Waals surface area (Å²) in [6.45, 7) is 4.21. The van der Waals surface area contributed by atoms with E-state index in [9.17, 15) is 24.8 Å². The molecule has 1 amide bonds. The second kappa shape index (κ2) is 13.0. The summed E-state index contributed by atoms with van der Waals surface area (Å²) >= 11 is 12.6. The minimum absolute atomic E-state index is 0.0206. The molecule has 2 aliphatic heterocycles. The van der Waals surface area contributed by atoms with E-state index in [4.69, 9.17) is 27.9 Å². The Morgan fingerprint density at radius 2 is 1.98 bits per heavy atom. The predicted molar refractivity (Wildman–Crippen MR) is 168 cm³/mol. The first-order chi connectivity index (χ1) is 21.4. The minimum Gasteiger partial charge on any atom is -0.465 e. The molecule has 3 N–H and O–H groups in total. The van der Waals surface area contributed by atoms with Gasteiger partial charge in [0, 0.05) is 59.5 Å². The third-order valence-corrected chi connectivity index (χ3v) is 9.20. The summed E-state index contributed by atoms with van der Waals surface area (Å²) in [7, 11) is 1.19. The molecule has 10 nitrogen and oxygen atoms in total. The van der Waals surface area contributed by atoms with Crippen LogP contribution in [-0.2, 0) is 21.6 Å². The van der Waals surface area contributed by atoms with Crippen molar-refractivity contribution in [3.05, 3.63) is 103 Å². The average molecular weight is 660 g/mol. The lowest BCUT2D eigenvalue weighted by atomic mass is 9.71. The second-order valence-corrected chi connectivity index (χ2v) is 12.6. The van der Waals surface area contributed by atoms with E-state index in [0.717, 1.165) is 6.07 Å². The fraction of sp³-hybridized carbons (Fsp3) is 0.375. The van der Waals surface area contributed by atoms with Gasteiger partial charge in [-0.2, -0.15) is 0 Å². The molecule has 3 aromatic carbocycles. The number of anilines is 1. The van der Waals surface area contributed by atoms with Crippen LogP contribution in [0.2, 0.25) is 10.0 Å². The van der Waals surface area contributed by atoms with Gasteiger partial charge < -0.3 is 20.5 Å². The highest BCUT2D eigenvalue weighted by Crippen LogP contribution is 2.60. The third-order valence-electron chi connectivity index (χ3n) is 8.68. The summed E-state index contributed by atoms with van der Waals surface area (Å²) < 4.78 is 20.7. The van der Waals surface area contributed by atoms with Gasteiger partial charge in [0.2, 0.25) is 5.91 Å². The number of methoxy groups -OCH3 is 1. The zero-order valence-electron chi connectivity index (χ0n) is 24.9. The zero-order chi connectivity index (χ0) is 32.6. The first-order valence-electron chi connectivity index (χ1n) is 14.4. The number of esters is 1. The van der Waals surface area contributed by atoms with Crippen LogP contribution in [-0.4, -0.2) is 59.7 Å². The standard InChI is InChI=1S/C32H33Cl2FN4O6/c1-17(2)15-38-27(16-40)22(14-36-13-19-8-7-18(30(41)45-3)11-26(19)39(43)44)28(21-5-4-6-24(34)29(21)35)32(38)23-10-9-20(33)12-25(23)37-31(32)42/h4-12,17,22,27-28,36,40H,13-16H2,1-3H3,(H,37,42)/t22-,27+,28+,32-/m0/s1. The predicted octanol–water partition coefficient (Wildman–Crippen LogP) is 5.50. The van der Waals surface area contributed by atoms with Crippen molar-refractivity contribution in [2.24, 2.45) is 11.8 Å². The fourth-order valence-corrected chi connectivity index (χ4v) is 7.32. The highest BCUT2D eigenvalue weighted by atomic mass is 35.5. The molecule has 1 spiro atoms. The number of hydrogen-bond donors (Lipinski definition) is 3. The lowest BCUT2D eigenvalue weighted by Crippen LogP contribution is -2.53. The van der Waals surface area contributed by atoms with Gasteiger partial charge >= 0.3 is 5.97 Å². The first-order valence-corrected chi connectivity index (χ1v) is 15.2. The maximum absolute atomic E-state index is 16.0. The molecule has 0 bridgehead atoms. The van der Waals surface area contributed by atoms with Crippen LogP contribution in [0, 0.1) is 27.8 Å². The summed E-state index contributed by atoms with van der Waals surface area (Å²) in [6.07, 6.45) is 0. The van der Waals surface area contributed by atoms with Crippen molar-refractivity contribution >= 4 is 46.5 Å². The highest BCUT2D eigenvalue weighted by molar-refractivity contribution is 6.31. The number of fused-ring (bicyclic) bond motifs is 2. The van der Waals surface area contributed by atoms with Crippen LogP contribution in [0.1, 0.15) is 46.8 Å². The van der Waals surface area contributed by atoms with Gasteiger partial charge in [-0.1, -0.05) is 61.3 Å². The van der Waals surface area contributed by atoms with E-state index in [1.165, 1.54) is 25.3 Å². The molecule has 1 saturated heterocycles. The van der Waals surface area contributed by atoms with Crippen molar-refractivity contribution in [2.75, 3.05) is 32.1 Å². The minimum atomic E-state index is -1.43. The van der Waals surface area contributed by atoms with Gasteiger partial charge in [0.15, 0.2) is 0 Å². The Hall–Kier alpha value is -3.61. The highest BCUT2D eigenvalue weighted by Gasteiger charge is 2.66. The van der Waals surface area contributed by atoms with E-state index in [1.807, 2.05) is 18.7 Å². The zero-order valence-corrected chi connectivity index (χ0v) is 26.4. The Morgan fingerprint density at radius 3 is 2.64 bits per heavy atom. The number of amides is 1. The number of halogens is 3. The molecule has 45 heavy (non-hydrogen) atoms. The molecule has 0 aliphatic carbocycles. The van der Waals surface area contributed by atoms with Gasteiger partial charge in [-0.3, -0.25) is 19.8 Å². The Labute approximate surface area is 269 Å². The second-order valence-electron chi connectivity index (χ2n) is 11.7. The van der Waals surface area contributed by atoms with Crippen molar-refractivity contribution in [3.8, 4) is 0 Å². The molecular weight excluding hydrogens is 626 g/mol. The number of benzene rings is 3. The number of ether oxygens (including phenoxy) is 1. The summed E-state index contributed by atoms with van der Waals surface area (Å²) in [6, 6.07) is 13.2. The smallest absolute Gasteiger partial charge is 0.338 e. The van der Waals surface area contributed by atoms with E-state index < -0.39 is 40.1 Å². The van der Waals surface area contributed by atoms with E-state index in [0.29, 0.717) is 28.4 Å². The maximum atomic E-state index is 16.0. The molecule has 238 valence electrons. The Balaban J connectivity index is 1.62. The van der Waals surface area contributed by atoms with Crippen LogP contribution >= 0.6 is 23.2 Å². The number of aliphatic hydroxyl groups excluding tert-OH is 1. The molecule has 0 saturated carbocycles. The molecular formula is C32H33Cl2FN4O6. The maximum Gasteiger partial charge on any atom is 0.338 e. The van der Waals surface area contributed by atoms with Gasteiger partial charge in [-0.05, 0) is 41.7 Å². The molecule has 5 rings (SSSR count). The Bertz CT molecular complexity index is 1660. The largest absolute Gasteiger partial charge is 0.465 e. The molecule has 0 aromatic heterocycles. The van der Waals surface area contributed by atoms with Gasteiger partial charge in [0.25, 0.3) is 5.69 Å². The van der Waals surface area contributed by atoms with Gasteiger partial charge in [0.1, 0.15) is 11.4 Å². The summed E-state index contributed by atoms with van der Waals surface area (Å²) in [5.41, 5.74) is -0.0276. The Kier molecular flexibility index (Phi) is 9.48. The molecule has 4 atom stereocenters. The monoisotopic (exact) mass is 658 g/mol. The van der Waals surface area contributed by atoms with E-state index in [-0.39, 0.29) is 53.4 Å². The average Bonchev–Trinajstić information content (AvgIpc) is 3.43. The normalized spacial score (nSPS) is 22.6. The van der Waals surface area contributed by atoms with Crippen molar-refractivity contribution in [3.63, 3.8) is 0 Å². The first kappa shape index (κ1) is 32.8. The summed E-state index contributed by atoms with van der Waals surface area (Å²) in [5, 5.41) is 29.3. The van der Waals surface area contributed by atoms with Crippen molar-refractivity contribution in [1.29, 1.82) is 0 Å². The quantitative estimate of drug-likeness (QED) is 0.148. The van der Waals surface area contributed by atoms with Crippen molar-refractivity contribution < 1.29 is 28.7 Å². The number of likely N-dealkylation sites (tertiary alicyclic amines) is 1. The number of rotatable bonds is 10. The van der Waals surface area contributed by atoms with E-state index in [1.54, 1.807) is 30.3 Å². The number of nitrogens with one attached hydrogen (secondary N) is 2. The van der Waals surface area contributed by atoms with Crippen LogP contribution in [0.4, 0.5) is 15.8 Å². The number of hydrogen-bond acceptors (Lipinski definition) is 8. The molecule has 2 aliphatic rings. The lowest BCUT2D eigenvalue weighted by Gasteiger charge is -2.40. The number of carbonyl (C=O) groups excluding carboxylic acids is 2. The van der Waals surface area contributed by atoms with Gasteiger partial charge in [-0.25, -0.2) is 9.18 Å². The number of nitro groups is 1. The SMILES string of the molecule is COC(=O)c1ccc(CNC[C@H]2[C@@H](CO)N(CC(C)C)[C@]3(C(=O)Nc4cc(Cl)ccc43)[C@@H]2c2cccc(Cl)c2F)c([N+](=O)[O-])c1. The van der Waals surface area contributed by atoms with E-state index in [2.05, 4.69) is 10.6 Å².